The minimum absolute atomic E-state index is 0.0561. The van der Waals surface area contributed by atoms with E-state index in [9.17, 15) is 4.79 Å². The van der Waals surface area contributed by atoms with Gasteiger partial charge in [-0.1, -0.05) is 6.07 Å². The molecular weight excluding hydrogens is 270 g/mol. The van der Waals surface area contributed by atoms with Gasteiger partial charge in [0.2, 0.25) is 6.79 Å². The Morgan fingerprint density at radius 2 is 2.10 bits per heavy atom. The highest BCUT2D eigenvalue weighted by molar-refractivity contribution is 5.46. The fourth-order valence-corrected chi connectivity index (χ4v) is 2.22. The highest BCUT2D eigenvalue weighted by atomic mass is 16.7. The van der Waals surface area contributed by atoms with E-state index in [0.717, 1.165) is 23.5 Å². The molecule has 0 atom stereocenters. The van der Waals surface area contributed by atoms with Crippen molar-refractivity contribution in [3.63, 3.8) is 0 Å². The second-order valence-corrected chi connectivity index (χ2v) is 4.91. The van der Waals surface area contributed by atoms with Gasteiger partial charge in [0.15, 0.2) is 11.5 Å². The molecule has 2 aromatic rings. The van der Waals surface area contributed by atoms with E-state index in [0.29, 0.717) is 18.9 Å². The molecule has 0 spiro atoms. The van der Waals surface area contributed by atoms with E-state index in [-0.39, 0.29) is 12.4 Å². The summed E-state index contributed by atoms with van der Waals surface area (Å²) in [7, 11) is 0. The van der Waals surface area contributed by atoms with Gasteiger partial charge in [-0.15, -0.1) is 0 Å². The van der Waals surface area contributed by atoms with E-state index < -0.39 is 0 Å². The topological polar surface area (TPSA) is 49.7 Å². The number of hydrogen-bond acceptors (Lipinski definition) is 4. The SMILES string of the molecule is Cc1cccn(CCCOc2ccc3c(c2)OCO3)c1=O. The van der Waals surface area contributed by atoms with E-state index in [4.69, 9.17) is 14.2 Å². The van der Waals surface area contributed by atoms with Crippen LogP contribution in [0.5, 0.6) is 17.2 Å². The highest BCUT2D eigenvalue weighted by Gasteiger charge is 2.13. The predicted molar refractivity (Wildman–Crippen MR) is 78.1 cm³/mol. The average Bonchev–Trinajstić information content (AvgIpc) is 2.95. The van der Waals surface area contributed by atoms with Crippen LogP contribution in [0.2, 0.25) is 0 Å². The van der Waals surface area contributed by atoms with Crippen LogP contribution in [0.3, 0.4) is 0 Å². The van der Waals surface area contributed by atoms with Crippen molar-refractivity contribution in [2.24, 2.45) is 0 Å². The van der Waals surface area contributed by atoms with Gasteiger partial charge >= 0.3 is 0 Å². The second-order valence-electron chi connectivity index (χ2n) is 4.91. The van der Waals surface area contributed by atoms with Crippen LogP contribution in [-0.2, 0) is 6.54 Å². The number of hydrogen-bond donors (Lipinski definition) is 0. The lowest BCUT2D eigenvalue weighted by atomic mass is 10.3. The largest absolute Gasteiger partial charge is 0.493 e. The number of rotatable bonds is 5. The van der Waals surface area contributed by atoms with E-state index in [1.807, 2.05) is 37.3 Å². The molecule has 1 aromatic carbocycles. The Labute approximate surface area is 122 Å². The zero-order valence-electron chi connectivity index (χ0n) is 11.9. The third kappa shape index (κ3) is 3.02. The van der Waals surface area contributed by atoms with Crippen molar-refractivity contribution in [1.29, 1.82) is 0 Å². The normalized spacial score (nSPS) is 12.4. The zero-order valence-corrected chi connectivity index (χ0v) is 11.9. The van der Waals surface area contributed by atoms with Gasteiger partial charge < -0.3 is 18.8 Å². The summed E-state index contributed by atoms with van der Waals surface area (Å²) in [5.74, 6) is 2.20. The lowest BCUT2D eigenvalue weighted by Gasteiger charge is -2.09. The first kappa shape index (κ1) is 13.5. The van der Waals surface area contributed by atoms with Crippen LogP contribution < -0.4 is 19.8 Å². The molecule has 5 heteroatoms. The third-order valence-electron chi connectivity index (χ3n) is 3.37. The molecule has 1 aliphatic heterocycles. The summed E-state index contributed by atoms with van der Waals surface area (Å²) in [6.07, 6.45) is 2.56. The Hall–Kier alpha value is -2.43. The zero-order chi connectivity index (χ0) is 14.7. The van der Waals surface area contributed by atoms with E-state index in [1.54, 1.807) is 10.8 Å². The molecule has 0 bridgehead atoms. The molecule has 0 saturated carbocycles. The van der Waals surface area contributed by atoms with Crippen molar-refractivity contribution in [1.82, 2.24) is 4.57 Å². The summed E-state index contributed by atoms with van der Waals surface area (Å²) in [4.78, 5) is 11.9. The number of aryl methyl sites for hydroxylation is 2. The minimum atomic E-state index is 0.0561. The monoisotopic (exact) mass is 287 g/mol. The van der Waals surface area contributed by atoms with Gasteiger partial charge in [-0.05, 0) is 31.5 Å². The summed E-state index contributed by atoms with van der Waals surface area (Å²) in [5.41, 5.74) is 0.815. The predicted octanol–water partition coefficient (Wildman–Crippen LogP) is 2.35. The highest BCUT2D eigenvalue weighted by Crippen LogP contribution is 2.35. The van der Waals surface area contributed by atoms with Crippen LogP contribution in [0.4, 0.5) is 0 Å². The molecule has 2 heterocycles. The fraction of sp³-hybridized carbons (Fsp3) is 0.312. The first-order valence-electron chi connectivity index (χ1n) is 6.92. The van der Waals surface area contributed by atoms with Gasteiger partial charge in [0, 0.05) is 24.4 Å². The Bertz CT molecular complexity index is 693. The molecule has 0 aliphatic carbocycles. The smallest absolute Gasteiger partial charge is 0.253 e. The van der Waals surface area contributed by atoms with Gasteiger partial charge in [0.05, 0.1) is 6.61 Å². The molecule has 0 amide bonds. The van der Waals surface area contributed by atoms with E-state index in [2.05, 4.69) is 0 Å². The number of benzene rings is 1. The van der Waals surface area contributed by atoms with Crippen LogP contribution in [-0.4, -0.2) is 18.0 Å². The molecule has 0 N–H and O–H groups in total. The molecule has 0 fully saturated rings. The van der Waals surface area contributed by atoms with E-state index in [1.165, 1.54) is 0 Å². The van der Waals surface area contributed by atoms with Gasteiger partial charge in [-0.3, -0.25) is 4.79 Å². The molecule has 0 saturated heterocycles. The Morgan fingerprint density at radius 3 is 3.00 bits per heavy atom. The minimum Gasteiger partial charge on any atom is -0.493 e. The maximum Gasteiger partial charge on any atom is 0.253 e. The molecule has 110 valence electrons. The third-order valence-corrected chi connectivity index (χ3v) is 3.37. The van der Waals surface area contributed by atoms with Crippen LogP contribution in [0.1, 0.15) is 12.0 Å². The standard InChI is InChI=1S/C16H17NO4/c1-12-4-2-7-17(16(12)18)8-3-9-19-13-5-6-14-15(10-13)21-11-20-14/h2,4-7,10H,3,8-9,11H2,1H3. The first-order valence-corrected chi connectivity index (χ1v) is 6.92. The van der Waals surface area contributed by atoms with Gasteiger partial charge in [-0.2, -0.15) is 0 Å². The van der Waals surface area contributed by atoms with Gasteiger partial charge in [-0.25, -0.2) is 0 Å². The Kier molecular flexibility index (Phi) is 3.81. The summed E-state index contributed by atoms with van der Waals surface area (Å²) < 4.78 is 17.9. The molecule has 0 unspecified atom stereocenters. The quantitative estimate of drug-likeness (QED) is 0.792. The number of aromatic nitrogens is 1. The van der Waals surface area contributed by atoms with E-state index >= 15 is 0 Å². The summed E-state index contributed by atoms with van der Waals surface area (Å²) in [6.45, 7) is 3.27. The van der Waals surface area contributed by atoms with Crippen molar-refractivity contribution in [3.8, 4) is 17.2 Å². The second kappa shape index (κ2) is 5.91. The van der Waals surface area contributed by atoms with Gasteiger partial charge in [0.1, 0.15) is 5.75 Å². The molecule has 3 rings (SSSR count). The maximum absolute atomic E-state index is 11.9. The van der Waals surface area contributed by atoms with Crippen LogP contribution in [0, 0.1) is 6.92 Å². The molecule has 1 aliphatic rings. The molecule has 0 radical (unpaired) electrons. The molecular formula is C16H17NO4. The van der Waals surface area contributed by atoms with Crippen molar-refractivity contribution in [2.75, 3.05) is 13.4 Å². The van der Waals surface area contributed by atoms with Crippen molar-refractivity contribution in [3.05, 3.63) is 52.4 Å². The summed E-state index contributed by atoms with van der Waals surface area (Å²) in [5, 5.41) is 0. The fourth-order valence-electron chi connectivity index (χ4n) is 2.22. The molecule has 21 heavy (non-hydrogen) atoms. The average molecular weight is 287 g/mol. The Morgan fingerprint density at radius 1 is 1.24 bits per heavy atom. The molecule has 5 nitrogen and oxygen atoms in total. The first-order chi connectivity index (χ1) is 10.2. The van der Waals surface area contributed by atoms with Gasteiger partial charge in [0.25, 0.3) is 5.56 Å². The summed E-state index contributed by atoms with van der Waals surface area (Å²) >= 11 is 0. The number of nitrogens with zero attached hydrogens (tertiary/aromatic N) is 1. The number of fused-ring (bicyclic) bond motifs is 1. The lowest BCUT2D eigenvalue weighted by Crippen LogP contribution is -2.22. The van der Waals surface area contributed by atoms with Crippen molar-refractivity contribution < 1.29 is 14.2 Å². The number of ether oxygens (including phenoxy) is 3. The van der Waals surface area contributed by atoms with Crippen LogP contribution in [0.25, 0.3) is 0 Å². The molecule has 1 aromatic heterocycles. The van der Waals surface area contributed by atoms with Crippen LogP contribution in [0.15, 0.2) is 41.3 Å². The number of pyridine rings is 1. The van der Waals surface area contributed by atoms with Crippen molar-refractivity contribution in [2.45, 2.75) is 19.9 Å². The van der Waals surface area contributed by atoms with Crippen molar-refractivity contribution >= 4 is 0 Å². The van der Waals surface area contributed by atoms with Crippen LogP contribution >= 0.6 is 0 Å². The maximum atomic E-state index is 11.9. The lowest BCUT2D eigenvalue weighted by molar-refractivity contribution is 0.173. The Balaban J connectivity index is 1.52. The summed E-state index contributed by atoms with van der Waals surface area (Å²) in [6, 6.07) is 9.22.